The molecule has 0 aromatic heterocycles. The van der Waals surface area contributed by atoms with Gasteiger partial charge in [-0.15, -0.1) is 0 Å². The van der Waals surface area contributed by atoms with Crippen LogP contribution in [0.15, 0.2) is 0 Å². The molecular weight excluding hydrogens is 744 g/mol. The van der Waals surface area contributed by atoms with E-state index in [1.54, 1.807) is 23.9 Å². The number of hydrogen-bond donors (Lipinski definition) is 3. The Hall–Kier alpha value is 2.33. The van der Waals surface area contributed by atoms with Crippen molar-refractivity contribution in [3.8, 4) is 0 Å². The Labute approximate surface area is 239 Å². The number of nitrogens with two attached hydrogens (primary N) is 3. The SMILES string of the molecule is CCCC[CH]([Sb]([CH2]C)[CH2]C)[Sb]([CH2]C)[CH2]C.CC[C](N)(CC)[Sb]([C](N)(CC)CC)[C](N)(CC)CC. The first kappa shape index (κ1) is 38.5. The molecule has 0 heterocycles. The van der Waals surface area contributed by atoms with E-state index in [9.17, 15) is 0 Å². The van der Waals surface area contributed by atoms with Gasteiger partial charge in [-0.3, -0.25) is 0 Å². The fourth-order valence-corrected chi connectivity index (χ4v) is 51.5. The summed E-state index contributed by atoms with van der Waals surface area (Å²) in [7, 11) is 0. The van der Waals surface area contributed by atoms with Gasteiger partial charge in [0.05, 0.1) is 0 Å². The van der Waals surface area contributed by atoms with Gasteiger partial charge in [0.25, 0.3) is 0 Å². The van der Waals surface area contributed by atoms with Crippen molar-refractivity contribution in [1.29, 1.82) is 0 Å². The van der Waals surface area contributed by atoms with Crippen molar-refractivity contribution >= 4 is 60.6 Å². The molecule has 0 spiro atoms. The third kappa shape index (κ3) is 11.2. The van der Waals surface area contributed by atoms with E-state index in [1.165, 1.54) is 14.7 Å². The number of rotatable bonds is 18. The van der Waals surface area contributed by atoms with Crippen LogP contribution in [-0.2, 0) is 0 Å². The number of unbranched alkanes of at least 4 members (excludes halogenated alkanes) is 1. The van der Waals surface area contributed by atoms with E-state index in [0.29, 0.717) is 0 Å². The quantitative estimate of drug-likeness (QED) is 0.124. The molecule has 0 unspecified atom stereocenters. The van der Waals surface area contributed by atoms with Crippen molar-refractivity contribution in [3.63, 3.8) is 0 Å². The monoisotopic (exact) mass is 807 g/mol. The predicted molar refractivity (Wildman–Crippen MR) is 165 cm³/mol. The van der Waals surface area contributed by atoms with Crippen LogP contribution in [-0.4, -0.2) is 71.1 Å². The van der Waals surface area contributed by atoms with Crippen LogP contribution in [0.3, 0.4) is 0 Å². The van der Waals surface area contributed by atoms with Gasteiger partial charge in [-0.1, -0.05) is 0 Å². The van der Waals surface area contributed by atoms with Gasteiger partial charge in [0.1, 0.15) is 0 Å². The second-order valence-corrected chi connectivity index (χ2v) is 40.5. The van der Waals surface area contributed by atoms with Gasteiger partial charge in [-0.2, -0.15) is 0 Å². The van der Waals surface area contributed by atoms with E-state index in [-0.39, 0.29) is 10.5 Å². The van der Waals surface area contributed by atoms with E-state index in [4.69, 9.17) is 17.2 Å². The standard InChI is InChI=1S/3C5H12N.C5H10.4C2H5.3Sb/c3*1-3-5(6)4-2;1-3-5-4-2;4*1-2;;;/h3*3-4,6H2,1-2H3;1H,3-5H2,2H3;4*1H2,2H3;;;. The van der Waals surface area contributed by atoms with Gasteiger partial charge in [0.15, 0.2) is 0 Å². The zero-order chi connectivity index (χ0) is 27.0. The molecule has 0 aromatic carbocycles. The van der Waals surface area contributed by atoms with Gasteiger partial charge in [0.2, 0.25) is 0 Å². The Morgan fingerprint density at radius 2 is 0.765 bits per heavy atom. The first-order valence-corrected chi connectivity index (χ1v) is 28.6. The van der Waals surface area contributed by atoms with Gasteiger partial charge < -0.3 is 0 Å². The summed E-state index contributed by atoms with van der Waals surface area (Å²) in [4.78, 5) is 0. The van der Waals surface area contributed by atoms with Crippen LogP contribution in [0.4, 0.5) is 0 Å². The first-order chi connectivity index (χ1) is 16.0. The molecule has 0 bridgehead atoms. The number of hydrogen-bond acceptors (Lipinski definition) is 3. The molecule has 0 aliphatic heterocycles. The minimum absolute atomic E-state index is 0.0929. The molecule has 3 nitrogen and oxygen atoms in total. The molecule has 0 aromatic rings. The molecule has 6 heteroatoms. The molecule has 0 saturated carbocycles. The van der Waals surface area contributed by atoms with Gasteiger partial charge >= 0.3 is 242 Å². The van der Waals surface area contributed by atoms with Crippen molar-refractivity contribution in [2.45, 2.75) is 164 Å². The summed E-state index contributed by atoms with van der Waals surface area (Å²) < 4.78 is 7.51. The summed E-state index contributed by atoms with van der Waals surface area (Å²) in [5.41, 5.74) is 20.5. The summed E-state index contributed by atoms with van der Waals surface area (Å²) in [6.07, 6.45) is 10.6. The van der Waals surface area contributed by atoms with Crippen LogP contribution in [0.5, 0.6) is 0 Å². The van der Waals surface area contributed by atoms with Crippen LogP contribution in [0, 0.1) is 0 Å². The Morgan fingerprint density at radius 1 is 0.500 bits per heavy atom. The fraction of sp³-hybridized carbons (Fsp3) is 1.00. The zero-order valence-corrected chi connectivity index (χ0v) is 33.0. The van der Waals surface area contributed by atoms with Crippen LogP contribution in [0.1, 0.15) is 134 Å². The Kier molecular flexibility index (Phi) is 22.9. The van der Waals surface area contributed by atoms with E-state index < -0.39 is 60.6 Å². The summed E-state index contributed by atoms with van der Waals surface area (Å²) >= 11 is -3.75. The van der Waals surface area contributed by atoms with Crippen LogP contribution in [0.2, 0.25) is 19.3 Å². The normalized spacial score (nSPS) is 13.2. The zero-order valence-electron chi connectivity index (χ0n) is 25.3. The van der Waals surface area contributed by atoms with E-state index >= 15 is 0 Å². The molecule has 34 heavy (non-hydrogen) atoms. The van der Waals surface area contributed by atoms with E-state index in [2.05, 4.69) is 76.2 Å². The van der Waals surface area contributed by atoms with Gasteiger partial charge in [0, 0.05) is 0 Å². The van der Waals surface area contributed by atoms with Crippen molar-refractivity contribution in [1.82, 2.24) is 0 Å². The van der Waals surface area contributed by atoms with Crippen molar-refractivity contribution in [3.05, 3.63) is 0 Å². The molecule has 6 N–H and O–H groups in total. The van der Waals surface area contributed by atoms with Crippen molar-refractivity contribution < 1.29 is 0 Å². The molecule has 0 rings (SSSR count). The average molecular weight is 810 g/mol. The van der Waals surface area contributed by atoms with Gasteiger partial charge in [-0.05, 0) is 0 Å². The van der Waals surface area contributed by atoms with Crippen molar-refractivity contribution in [2.24, 2.45) is 17.2 Å². The van der Waals surface area contributed by atoms with Crippen molar-refractivity contribution in [2.75, 3.05) is 0 Å². The molecular formula is C28H66N3Sb3. The molecule has 0 atom stereocenters. The molecule has 0 saturated heterocycles. The minimum atomic E-state index is -2.15. The maximum absolute atomic E-state index is 6.84. The summed E-state index contributed by atoms with van der Waals surface area (Å²) in [5, 5.41) is 0. The molecule has 0 aliphatic carbocycles. The third-order valence-electron chi connectivity index (χ3n) is 8.29. The summed E-state index contributed by atoms with van der Waals surface area (Å²) in [5.74, 6) is 0. The second kappa shape index (κ2) is 20.3. The first-order valence-electron chi connectivity index (χ1n) is 14.6. The molecule has 0 amide bonds. The second-order valence-electron chi connectivity index (χ2n) is 9.83. The molecule has 0 aliphatic rings. The van der Waals surface area contributed by atoms with Crippen LogP contribution in [0.25, 0.3) is 0 Å². The third-order valence-corrected chi connectivity index (χ3v) is 49.4. The summed E-state index contributed by atoms with van der Waals surface area (Å²) in [6, 6.07) is 0. The van der Waals surface area contributed by atoms with Gasteiger partial charge in [-0.25, -0.2) is 0 Å². The molecule has 0 radical (unpaired) electrons. The van der Waals surface area contributed by atoms with E-state index in [1.807, 2.05) is 0 Å². The fourth-order valence-electron chi connectivity index (χ4n) is 5.30. The Bertz CT molecular complexity index is 415. The summed E-state index contributed by atoms with van der Waals surface area (Å²) in [6.45, 7) is 25.5. The molecule has 208 valence electrons. The van der Waals surface area contributed by atoms with Crippen LogP contribution >= 0.6 is 0 Å². The predicted octanol–water partition coefficient (Wildman–Crippen LogP) is 7.81. The maximum atomic E-state index is 6.84. The Morgan fingerprint density at radius 3 is 0.941 bits per heavy atom. The van der Waals surface area contributed by atoms with Crippen LogP contribution < -0.4 is 17.2 Å². The Balaban J connectivity index is 0. The topological polar surface area (TPSA) is 78.1 Å². The average Bonchev–Trinajstić information content (AvgIpc) is 2.87. The molecule has 0 fully saturated rings. The van der Waals surface area contributed by atoms with E-state index in [0.717, 1.165) is 38.5 Å².